The van der Waals surface area contributed by atoms with Crippen molar-refractivity contribution in [2.45, 2.75) is 30.2 Å². The average Bonchev–Trinajstić information content (AvgIpc) is 3.31. The molecule has 0 spiro atoms. The summed E-state index contributed by atoms with van der Waals surface area (Å²) in [6.07, 6.45) is 3.63. The minimum Gasteiger partial charge on any atom is -0.461 e. The highest BCUT2D eigenvalue weighted by molar-refractivity contribution is 8.00. The molecule has 0 saturated carbocycles. The number of thioether (sulfide) groups is 1. The lowest BCUT2D eigenvalue weighted by molar-refractivity contribution is -0.117. The summed E-state index contributed by atoms with van der Waals surface area (Å²) in [4.78, 5) is 14.9. The molecule has 1 amide bonds. The summed E-state index contributed by atoms with van der Waals surface area (Å²) in [6, 6.07) is 11.8. The van der Waals surface area contributed by atoms with E-state index in [1.165, 1.54) is 17.3 Å². The molecule has 1 aliphatic rings. The van der Waals surface area contributed by atoms with Crippen LogP contribution >= 0.6 is 11.8 Å². The molecule has 1 aromatic carbocycles. The van der Waals surface area contributed by atoms with Gasteiger partial charge in [-0.1, -0.05) is 30.0 Å². The van der Waals surface area contributed by atoms with Crippen molar-refractivity contribution in [1.29, 1.82) is 0 Å². The third-order valence-corrected chi connectivity index (χ3v) is 5.70. The summed E-state index contributed by atoms with van der Waals surface area (Å²) < 4.78 is 7.25. The molecule has 3 aromatic rings. The van der Waals surface area contributed by atoms with Crippen molar-refractivity contribution in [1.82, 2.24) is 14.8 Å². The van der Waals surface area contributed by atoms with E-state index in [0.717, 1.165) is 25.1 Å². The zero-order valence-electron chi connectivity index (χ0n) is 14.8. The lowest BCUT2D eigenvalue weighted by Crippen LogP contribution is -2.40. The molecule has 0 radical (unpaired) electrons. The SMILES string of the molecule is CC(Sc1nnc(-c2ccco2)n1C)C(=O)N1CCCc2ccccc21. The van der Waals surface area contributed by atoms with Crippen molar-refractivity contribution in [3.05, 3.63) is 48.2 Å². The fourth-order valence-electron chi connectivity index (χ4n) is 3.23. The topological polar surface area (TPSA) is 64.2 Å². The highest BCUT2D eigenvalue weighted by Gasteiger charge is 2.28. The number of hydrogen-bond acceptors (Lipinski definition) is 5. The number of carbonyl (C=O) groups excluding carboxylic acids is 1. The number of benzene rings is 1. The van der Waals surface area contributed by atoms with Gasteiger partial charge in [0.05, 0.1) is 11.5 Å². The number of aromatic nitrogens is 3. The second kappa shape index (κ2) is 6.99. The van der Waals surface area contributed by atoms with Crippen molar-refractivity contribution < 1.29 is 9.21 Å². The molecule has 1 unspecified atom stereocenters. The number of amides is 1. The van der Waals surface area contributed by atoms with Crippen LogP contribution in [0.4, 0.5) is 5.69 Å². The average molecular weight is 368 g/mol. The molecule has 4 rings (SSSR count). The van der Waals surface area contributed by atoms with Crippen LogP contribution in [0.25, 0.3) is 11.6 Å². The van der Waals surface area contributed by atoms with Crippen LogP contribution in [0, 0.1) is 0 Å². The molecule has 0 fully saturated rings. The van der Waals surface area contributed by atoms with Crippen LogP contribution in [0.2, 0.25) is 0 Å². The van der Waals surface area contributed by atoms with E-state index in [1.807, 2.05) is 53.8 Å². The van der Waals surface area contributed by atoms with E-state index in [1.54, 1.807) is 6.26 Å². The zero-order valence-corrected chi connectivity index (χ0v) is 15.6. The second-order valence-corrected chi connectivity index (χ2v) is 7.63. The number of nitrogens with zero attached hydrogens (tertiary/aromatic N) is 4. The Bertz CT molecular complexity index is 920. The molecule has 6 nitrogen and oxygen atoms in total. The minimum atomic E-state index is -0.256. The van der Waals surface area contributed by atoms with Gasteiger partial charge < -0.3 is 13.9 Å². The van der Waals surface area contributed by atoms with Crippen LogP contribution in [0.15, 0.2) is 52.2 Å². The summed E-state index contributed by atoms with van der Waals surface area (Å²) >= 11 is 1.42. The minimum absolute atomic E-state index is 0.102. The van der Waals surface area contributed by atoms with Crippen LogP contribution in [0.1, 0.15) is 18.9 Å². The molecule has 1 aliphatic heterocycles. The summed E-state index contributed by atoms with van der Waals surface area (Å²) in [5.41, 5.74) is 2.27. The Morgan fingerprint density at radius 2 is 2.08 bits per heavy atom. The maximum absolute atomic E-state index is 13.0. The molecular formula is C19H20N4O2S. The number of anilines is 1. The largest absolute Gasteiger partial charge is 0.461 e. The molecular weight excluding hydrogens is 348 g/mol. The van der Waals surface area contributed by atoms with E-state index >= 15 is 0 Å². The van der Waals surface area contributed by atoms with Gasteiger partial charge in [-0.3, -0.25) is 4.79 Å². The number of carbonyl (C=O) groups is 1. The van der Waals surface area contributed by atoms with E-state index in [2.05, 4.69) is 16.3 Å². The van der Waals surface area contributed by atoms with Crippen LogP contribution in [-0.4, -0.2) is 32.5 Å². The highest BCUT2D eigenvalue weighted by atomic mass is 32.2. The predicted molar refractivity (Wildman–Crippen MR) is 101 cm³/mol. The van der Waals surface area contributed by atoms with Crippen molar-refractivity contribution in [2.24, 2.45) is 7.05 Å². The standard InChI is InChI=1S/C19H20N4O2S/c1-13(18(24)23-11-5-8-14-7-3-4-9-15(14)23)26-19-21-20-17(22(19)2)16-10-6-12-25-16/h3-4,6-7,9-10,12-13H,5,8,11H2,1-2H3. The molecule has 2 aromatic heterocycles. The number of rotatable bonds is 4. The first kappa shape index (κ1) is 16.9. The molecule has 0 saturated heterocycles. The van der Waals surface area contributed by atoms with E-state index in [9.17, 15) is 4.79 Å². The third-order valence-electron chi connectivity index (χ3n) is 4.58. The van der Waals surface area contributed by atoms with Crippen LogP contribution < -0.4 is 4.90 Å². The molecule has 0 bridgehead atoms. The van der Waals surface area contributed by atoms with Crippen molar-refractivity contribution >= 4 is 23.4 Å². The predicted octanol–water partition coefficient (Wildman–Crippen LogP) is 3.54. The molecule has 0 aliphatic carbocycles. The van der Waals surface area contributed by atoms with Crippen LogP contribution in [0.5, 0.6) is 0 Å². The lowest BCUT2D eigenvalue weighted by atomic mass is 10.0. The number of para-hydroxylation sites is 1. The first-order valence-corrected chi connectivity index (χ1v) is 9.52. The molecule has 0 N–H and O–H groups in total. The summed E-state index contributed by atoms with van der Waals surface area (Å²) in [5.74, 6) is 1.42. The smallest absolute Gasteiger partial charge is 0.240 e. The molecule has 3 heterocycles. The summed E-state index contributed by atoms with van der Waals surface area (Å²) in [6.45, 7) is 2.68. The monoisotopic (exact) mass is 368 g/mol. The van der Waals surface area contributed by atoms with Gasteiger partial charge in [-0.2, -0.15) is 0 Å². The van der Waals surface area contributed by atoms with Crippen LogP contribution in [-0.2, 0) is 18.3 Å². The van der Waals surface area contributed by atoms with Gasteiger partial charge in [0.1, 0.15) is 0 Å². The van der Waals surface area contributed by atoms with Gasteiger partial charge in [0, 0.05) is 19.3 Å². The Balaban J connectivity index is 1.53. The van der Waals surface area contributed by atoms with E-state index in [4.69, 9.17) is 4.42 Å². The van der Waals surface area contributed by atoms with E-state index in [0.29, 0.717) is 16.7 Å². The first-order valence-electron chi connectivity index (χ1n) is 8.64. The Morgan fingerprint density at radius 1 is 1.23 bits per heavy atom. The van der Waals surface area contributed by atoms with Crippen molar-refractivity contribution in [3.63, 3.8) is 0 Å². The Labute approximate surface area is 156 Å². The lowest BCUT2D eigenvalue weighted by Gasteiger charge is -2.31. The number of furan rings is 1. The summed E-state index contributed by atoms with van der Waals surface area (Å²) in [7, 11) is 1.88. The maximum atomic E-state index is 13.0. The van der Waals surface area contributed by atoms with Gasteiger partial charge >= 0.3 is 0 Å². The second-order valence-electron chi connectivity index (χ2n) is 6.32. The van der Waals surface area contributed by atoms with Gasteiger partial charge in [-0.25, -0.2) is 0 Å². The van der Waals surface area contributed by atoms with E-state index < -0.39 is 0 Å². The summed E-state index contributed by atoms with van der Waals surface area (Å²) in [5, 5.41) is 8.86. The number of aryl methyl sites for hydroxylation is 1. The zero-order chi connectivity index (χ0) is 18.1. The van der Waals surface area contributed by atoms with Gasteiger partial charge in [0.2, 0.25) is 5.91 Å². The van der Waals surface area contributed by atoms with Gasteiger partial charge in [0.15, 0.2) is 16.7 Å². The highest BCUT2D eigenvalue weighted by Crippen LogP contribution is 2.31. The molecule has 26 heavy (non-hydrogen) atoms. The maximum Gasteiger partial charge on any atom is 0.240 e. The molecule has 134 valence electrons. The van der Waals surface area contributed by atoms with Crippen molar-refractivity contribution in [2.75, 3.05) is 11.4 Å². The first-order chi connectivity index (χ1) is 12.6. The van der Waals surface area contributed by atoms with Crippen molar-refractivity contribution in [3.8, 4) is 11.6 Å². The Morgan fingerprint density at radius 3 is 2.88 bits per heavy atom. The van der Waals surface area contributed by atoms with Gasteiger partial charge in [-0.05, 0) is 43.5 Å². The normalized spacial score (nSPS) is 14.9. The fourth-order valence-corrected chi connectivity index (χ4v) is 4.11. The number of hydrogen-bond donors (Lipinski definition) is 0. The quantitative estimate of drug-likeness (QED) is 0.659. The Hall–Kier alpha value is -2.54. The number of fused-ring (bicyclic) bond motifs is 1. The molecule has 7 heteroatoms. The Kier molecular flexibility index (Phi) is 4.55. The van der Waals surface area contributed by atoms with Gasteiger partial charge in [-0.15, -0.1) is 10.2 Å². The fraction of sp³-hybridized carbons (Fsp3) is 0.316. The van der Waals surface area contributed by atoms with Gasteiger partial charge in [0.25, 0.3) is 0 Å². The van der Waals surface area contributed by atoms with E-state index in [-0.39, 0.29) is 11.2 Å². The van der Waals surface area contributed by atoms with Crippen LogP contribution in [0.3, 0.4) is 0 Å². The molecule has 1 atom stereocenters. The third kappa shape index (κ3) is 3.03.